The monoisotopic (exact) mass is 675 g/mol. The summed E-state index contributed by atoms with van der Waals surface area (Å²) >= 11 is 0. The molecule has 0 aliphatic heterocycles. The van der Waals surface area contributed by atoms with Gasteiger partial charge in [-0.25, -0.2) is 0 Å². The Balaban J connectivity index is 1.26. The van der Waals surface area contributed by atoms with E-state index in [4.69, 9.17) is 4.42 Å². The fourth-order valence-electron chi connectivity index (χ4n) is 7.94. The first kappa shape index (κ1) is 33.3. The second-order valence-corrected chi connectivity index (χ2v) is 14.8. The molecule has 52 heavy (non-hydrogen) atoms. The summed E-state index contributed by atoms with van der Waals surface area (Å²) in [5.41, 5.74) is 11.4. The van der Waals surface area contributed by atoms with Crippen LogP contribution in [0.25, 0.3) is 54.6 Å². The molecule has 0 amide bonds. The Hall–Kier alpha value is -5.86. The Morgan fingerprint density at radius 2 is 1.38 bits per heavy atom. The number of fused-ring (bicyclic) bond motifs is 9. The zero-order valence-electron chi connectivity index (χ0n) is 30.8. The molecule has 0 spiro atoms. The average Bonchev–Trinajstić information content (AvgIpc) is 3.62. The van der Waals surface area contributed by atoms with Gasteiger partial charge in [0.1, 0.15) is 11.2 Å². The van der Waals surface area contributed by atoms with Crippen LogP contribution in [-0.4, -0.2) is 6.54 Å². The molecule has 0 radical (unpaired) electrons. The van der Waals surface area contributed by atoms with E-state index in [2.05, 4.69) is 179 Å². The van der Waals surface area contributed by atoms with Crippen molar-refractivity contribution in [3.05, 3.63) is 181 Å². The Morgan fingerprint density at radius 1 is 0.692 bits per heavy atom. The van der Waals surface area contributed by atoms with Crippen LogP contribution in [0, 0.1) is 5.92 Å². The van der Waals surface area contributed by atoms with Crippen molar-refractivity contribution in [2.75, 3.05) is 11.4 Å². The minimum absolute atomic E-state index is 0.0791. The molecule has 0 atom stereocenters. The zero-order valence-corrected chi connectivity index (χ0v) is 30.8. The third-order valence-corrected chi connectivity index (χ3v) is 10.6. The fraction of sp³-hybridized carbons (Fsp3) is 0.160. The molecule has 2 heteroatoms. The van der Waals surface area contributed by atoms with Crippen molar-refractivity contribution < 1.29 is 4.42 Å². The maximum Gasteiger partial charge on any atom is 0.135 e. The molecule has 2 nitrogen and oxygen atoms in total. The third kappa shape index (κ3) is 5.89. The van der Waals surface area contributed by atoms with Crippen LogP contribution >= 0.6 is 0 Å². The molecule has 256 valence electrons. The molecule has 6 aromatic carbocycles. The molecule has 1 aliphatic carbocycles. The quantitative estimate of drug-likeness (QED) is 0.112. The number of rotatable bonds is 9. The van der Waals surface area contributed by atoms with Crippen molar-refractivity contribution in [1.82, 2.24) is 0 Å². The molecule has 1 heterocycles. The van der Waals surface area contributed by atoms with Crippen molar-refractivity contribution in [1.29, 1.82) is 0 Å². The van der Waals surface area contributed by atoms with Crippen LogP contribution in [0.15, 0.2) is 174 Å². The number of allylic oxidation sites excluding steroid dienone is 8. The average molecular weight is 676 g/mol. The van der Waals surface area contributed by atoms with E-state index in [1.165, 1.54) is 43.8 Å². The lowest BCUT2D eigenvalue weighted by Gasteiger charge is -2.25. The predicted octanol–water partition coefficient (Wildman–Crippen LogP) is 14.2. The van der Waals surface area contributed by atoms with Gasteiger partial charge in [0.25, 0.3) is 0 Å². The van der Waals surface area contributed by atoms with Gasteiger partial charge in [-0.2, -0.15) is 0 Å². The normalized spacial score (nSPS) is 14.2. The molecule has 0 N–H and O–H groups in total. The highest BCUT2D eigenvalue weighted by Crippen LogP contribution is 2.51. The van der Waals surface area contributed by atoms with E-state index in [-0.39, 0.29) is 5.41 Å². The van der Waals surface area contributed by atoms with Crippen molar-refractivity contribution in [2.24, 2.45) is 5.92 Å². The molecule has 0 saturated carbocycles. The second-order valence-electron chi connectivity index (χ2n) is 14.8. The van der Waals surface area contributed by atoms with E-state index < -0.39 is 0 Å². The second kappa shape index (κ2) is 13.4. The van der Waals surface area contributed by atoms with Gasteiger partial charge in [0.2, 0.25) is 0 Å². The first-order valence-corrected chi connectivity index (χ1v) is 18.4. The Bertz CT molecular complexity index is 2640. The van der Waals surface area contributed by atoms with E-state index in [9.17, 15) is 0 Å². The fourth-order valence-corrected chi connectivity index (χ4v) is 7.94. The minimum Gasteiger partial charge on any atom is -0.456 e. The van der Waals surface area contributed by atoms with Gasteiger partial charge in [-0.05, 0) is 110 Å². The van der Waals surface area contributed by atoms with Crippen LogP contribution in [0.4, 0.5) is 11.4 Å². The van der Waals surface area contributed by atoms with Crippen LogP contribution < -0.4 is 4.90 Å². The molecular weight excluding hydrogens is 631 g/mol. The first-order chi connectivity index (χ1) is 25.2. The van der Waals surface area contributed by atoms with Crippen LogP contribution in [-0.2, 0) is 5.41 Å². The van der Waals surface area contributed by atoms with Crippen molar-refractivity contribution >= 4 is 54.9 Å². The van der Waals surface area contributed by atoms with E-state index in [1.807, 2.05) is 19.1 Å². The highest BCUT2D eigenvalue weighted by Gasteiger charge is 2.36. The van der Waals surface area contributed by atoms with Crippen LogP contribution in [0.1, 0.15) is 45.7 Å². The molecule has 8 rings (SSSR count). The summed E-state index contributed by atoms with van der Waals surface area (Å²) in [5.74, 6) is 0.396. The Labute approximate surface area is 307 Å². The van der Waals surface area contributed by atoms with Crippen LogP contribution in [0.3, 0.4) is 0 Å². The first-order valence-electron chi connectivity index (χ1n) is 18.4. The maximum atomic E-state index is 6.57. The molecule has 1 aromatic heterocycles. The van der Waals surface area contributed by atoms with Gasteiger partial charge in [0, 0.05) is 34.1 Å². The zero-order chi connectivity index (χ0) is 36.0. The molecule has 0 unspecified atom stereocenters. The summed E-state index contributed by atoms with van der Waals surface area (Å²) in [5, 5.41) is 7.26. The SMILES string of the molecule is C=C(/C=C\C=C/C)C(/C=C\CN(c1ccc2ccc3ccccc3c2c1)c1ccc2oc3cc4c(cc3c2c1)-c1ccccc1C4(C)C)=C/C(C)C. The number of nitrogens with zero attached hydrogens (tertiary/aromatic N) is 1. The predicted molar refractivity (Wildman–Crippen MR) is 225 cm³/mol. The number of anilines is 2. The number of benzene rings is 6. The molecule has 7 aromatic rings. The van der Waals surface area contributed by atoms with E-state index >= 15 is 0 Å². The number of hydrogen-bond donors (Lipinski definition) is 0. The topological polar surface area (TPSA) is 16.4 Å². The lowest BCUT2D eigenvalue weighted by molar-refractivity contribution is 0.647. The largest absolute Gasteiger partial charge is 0.456 e. The lowest BCUT2D eigenvalue weighted by Crippen LogP contribution is -2.17. The van der Waals surface area contributed by atoms with E-state index in [0.717, 1.165) is 44.5 Å². The molecule has 0 bridgehead atoms. The third-order valence-electron chi connectivity index (χ3n) is 10.6. The van der Waals surface area contributed by atoms with Crippen molar-refractivity contribution in [3.8, 4) is 11.1 Å². The highest BCUT2D eigenvalue weighted by atomic mass is 16.3. The Kier molecular flexibility index (Phi) is 8.55. The summed E-state index contributed by atoms with van der Waals surface area (Å²) in [7, 11) is 0. The lowest BCUT2D eigenvalue weighted by atomic mass is 9.82. The summed E-state index contributed by atoms with van der Waals surface area (Å²) in [4.78, 5) is 2.41. The van der Waals surface area contributed by atoms with Crippen molar-refractivity contribution in [2.45, 2.75) is 40.0 Å². The van der Waals surface area contributed by atoms with Gasteiger partial charge >= 0.3 is 0 Å². The van der Waals surface area contributed by atoms with Crippen LogP contribution in [0.2, 0.25) is 0 Å². The standard InChI is InChI=1S/C50H45NO/c1-7-8-9-15-34(4)37(28-33(2)3)17-14-27-51(38-24-23-36-22-21-35-16-10-11-18-40(35)42(36)29-38)39-25-26-48-44(30-39)45-31-43-41-19-12-13-20-46(41)50(5,6)47(43)32-49(45)52-48/h7-26,28-33H,4,27H2,1-3,5-6H3/b8-7-,15-9-,17-14-,37-28+. The minimum atomic E-state index is -0.0791. The van der Waals surface area contributed by atoms with E-state index in [0.29, 0.717) is 12.5 Å². The van der Waals surface area contributed by atoms with Gasteiger partial charge in [0.15, 0.2) is 0 Å². The smallest absolute Gasteiger partial charge is 0.135 e. The van der Waals surface area contributed by atoms with Gasteiger partial charge in [-0.1, -0.05) is 144 Å². The van der Waals surface area contributed by atoms with E-state index in [1.54, 1.807) is 0 Å². The molecule has 0 fully saturated rings. The summed E-state index contributed by atoms with van der Waals surface area (Å²) < 4.78 is 6.57. The summed E-state index contributed by atoms with van der Waals surface area (Å²) in [6.07, 6.45) is 15.0. The molecule has 1 aliphatic rings. The van der Waals surface area contributed by atoms with Gasteiger partial charge in [-0.15, -0.1) is 0 Å². The maximum absolute atomic E-state index is 6.57. The van der Waals surface area contributed by atoms with Gasteiger partial charge in [0.05, 0.1) is 0 Å². The van der Waals surface area contributed by atoms with Gasteiger partial charge < -0.3 is 9.32 Å². The van der Waals surface area contributed by atoms with Crippen LogP contribution in [0.5, 0.6) is 0 Å². The number of furan rings is 1. The Morgan fingerprint density at radius 3 is 2.19 bits per heavy atom. The summed E-state index contributed by atoms with van der Waals surface area (Å²) in [6.45, 7) is 16.2. The summed E-state index contributed by atoms with van der Waals surface area (Å²) in [6, 6.07) is 40.0. The highest BCUT2D eigenvalue weighted by molar-refractivity contribution is 6.10. The molecular formula is C50H45NO. The molecule has 0 saturated heterocycles. The van der Waals surface area contributed by atoms with Crippen molar-refractivity contribution in [3.63, 3.8) is 0 Å². The van der Waals surface area contributed by atoms with Gasteiger partial charge in [-0.3, -0.25) is 0 Å². The number of hydrogen-bond acceptors (Lipinski definition) is 2.